The van der Waals surface area contributed by atoms with Crippen molar-refractivity contribution in [1.29, 1.82) is 0 Å². The van der Waals surface area contributed by atoms with E-state index in [1.54, 1.807) is 12.4 Å². The molecule has 0 spiro atoms. The maximum Gasteiger partial charge on any atom is 0.159 e. The molecule has 0 unspecified atom stereocenters. The molecule has 0 aliphatic carbocycles. The molecular formula is C39H25N3. The summed E-state index contributed by atoms with van der Waals surface area (Å²) in [4.78, 5) is 13.6. The molecule has 0 saturated heterocycles. The van der Waals surface area contributed by atoms with Crippen molar-refractivity contribution in [2.24, 2.45) is 0 Å². The van der Waals surface area contributed by atoms with Crippen LogP contribution in [0.4, 0.5) is 0 Å². The third-order valence-corrected chi connectivity index (χ3v) is 8.07. The SMILES string of the molecule is c1ccc(-c2ccccc2-c2ccnc(-c3ccncc3)n2)c(-c2ccc3c4ccccc4c4ccccc4c3c2)c1. The van der Waals surface area contributed by atoms with Gasteiger partial charge in [0.25, 0.3) is 0 Å². The largest absolute Gasteiger partial charge is 0.265 e. The molecule has 0 aliphatic rings. The molecule has 8 rings (SSSR count). The van der Waals surface area contributed by atoms with E-state index in [0.29, 0.717) is 5.82 Å². The van der Waals surface area contributed by atoms with Gasteiger partial charge in [0.1, 0.15) is 0 Å². The number of fused-ring (bicyclic) bond motifs is 6. The second-order valence-corrected chi connectivity index (χ2v) is 10.4. The highest BCUT2D eigenvalue weighted by Gasteiger charge is 2.15. The van der Waals surface area contributed by atoms with Crippen LogP contribution < -0.4 is 0 Å². The lowest BCUT2D eigenvalue weighted by atomic mass is 9.88. The normalized spacial score (nSPS) is 11.3. The number of pyridine rings is 1. The van der Waals surface area contributed by atoms with Gasteiger partial charge < -0.3 is 0 Å². The maximum atomic E-state index is 4.97. The predicted molar refractivity (Wildman–Crippen MR) is 174 cm³/mol. The second-order valence-electron chi connectivity index (χ2n) is 10.4. The van der Waals surface area contributed by atoms with Crippen LogP contribution in [0.15, 0.2) is 152 Å². The zero-order chi connectivity index (χ0) is 27.9. The van der Waals surface area contributed by atoms with Crippen molar-refractivity contribution in [3.8, 4) is 44.9 Å². The van der Waals surface area contributed by atoms with Gasteiger partial charge in [0.15, 0.2) is 5.82 Å². The van der Waals surface area contributed by atoms with Gasteiger partial charge in [-0.3, -0.25) is 4.98 Å². The van der Waals surface area contributed by atoms with E-state index < -0.39 is 0 Å². The molecule has 2 heterocycles. The minimum atomic E-state index is 0.687. The van der Waals surface area contributed by atoms with Gasteiger partial charge in [-0.05, 0) is 78.8 Å². The number of hydrogen-bond acceptors (Lipinski definition) is 3. The molecule has 0 saturated carbocycles. The fraction of sp³-hybridized carbons (Fsp3) is 0. The van der Waals surface area contributed by atoms with Crippen molar-refractivity contribution in [2.45, 2.75) is 0 Å². The van der Waals surface area contributed by atoms with Crippen molar-refractivity contribution in [3.63, 3.8) is 0 Å². The Kier molecular flexibility index (Phi) is 5.79. The Hall–Kier alpha value is -5.67. The minimum absolute atomic E-state index is 0.687. The van der Waals surface area contributed by atoms with Crippen LogP contribution in [0.1, 0.15) is 0 Å². The van der Waals surface area contributed by atoms with Gasteiger partial charge in [0.05, 0.1) is 5.69 Å². The third-order valence-electron chi connectivity index (χ3n) is 8.07. The van der Waals surface area contributed by atoms with Gasteiger partial charge in [0, 0.05) is 29.7 Å². The molecule has 0 fully saturated rings. The quantitative estimate of drug-likeness (QED) is 0.211. The molecule has 196 valence electrons. The van der Waals surface area contributed by atoms with Crippen LogP contribution >= 0.6 is 0 Å². The summed E-state index contributed by atoms with van der Waals surface area (Å²) >= 11 is 0. The Morgan fingerprint density at radius 2 is 0.881 bits per heavy atom. The van der Waals surface area contributed by atoms with Crippen molar-refractivity contribution in [1.82, 2.24) is 15.0 Å². The molecule has 8 aromatic rings. The van der Waals surface area contributed by atoms with E-state index in [0.717, 1.165) is 22.4 Å². The fourth-order valence-corrected chi connectivity index (χ4v) is 6.14. The van der Waals surface area contributed by atoms with E-state index in [1.165, 1.54) is 49.0 Å². The lowest BCUT2D eigenvalue weighted by molar-refractivity contribution is 1.17. The topological polar surface area (TPSA) is 38.7 Å². The number of aromatic nitrogens is 3. The third kappa shape index (κ3) is 4.03. The van der Waals surface area contributed by atoms with E-state index in [4.69, 9.17) is 4.98 Å². The van der Waals surface area contributed by atoms with Crippen LogP contribution in [-0.2, 0) is 0 Å². The molecule has 0 N–H and O–H groups in total. The van der Waals surface area contributed by atoms with Crippen LogP contribution in [0, 0.1) is 0 Å². The van der Waals surface area contributed by atoms with Gasteiger partial charge in [-0.25, -0.2) is 9.97 Å². The highest BCUT2D eigenvalue weighted by molar-refractivity contribution is 6.25. The summed E-state index contributed by atoms with van der Waals surface area (Å²) in [5.41, 5.74) is 7.58. The lowest BCUT2D eigenvalue weighted by Gasteiger charge is -2.16. The van der Waals surface area contributed by atoms with Crippen molar-refractivity contribution in [2.75, 3.05) is 0 Å². The highest BCUT2D eigenvalue weighted by atomic mass is 14.9. The average molecular weight is 536 g/mol. The Bertz CT molecular complexity index is 2220. The molecule has 6 aromatic carbocycles. The van der Waals surface area contributed by atoms with Crippen molar-refractivity contribution >= 4 is 32.3 Å². The standard InChI is InChI=1S/C39H25N3/c1-2-10-29(33-14-7-8-16-36(33)38-21-24-41-39(42-38)26-19-22-40-23-20-26)28(9-1)27-17-18-35-32-13-4-3-11-30(32)31-12-5-6-15-34(31)37(35)25-27/h1-25H. The highest BCUT2D eigenvalue weighted by Crippen LogP contribution is 2.41. The molecule has 0 atom stereocenters. The van der Waals surface area contributed by atoms with E-state index in [-0.39, 0.29) is 0 Å². The lowest BCUT2D eigenvalue weighted by Crippen LogP contribution is -1.94. The zero-order valence-electron chi connectivity index (χ0n) is 22.8. The first-order valence-electron chi connectivity index (χ1n) is 14.1. The van der Waals surface area contributed by atoms with Gasteiger partial charge >= 0.3 is 0 Å². The van der Waals surface area contributed by atoms with Gasteiger partial charge in [-0.1, -0.05) is 109 Å². The summed E-state index contributed by atoms with van der Waals surface area (Å²) in [6.07, 6.45) is 5.37. The van der Waals surface area contributed by atoms with Crippen LogP contribution in [0.2, 0.25) is 0 Å². The summed E-state index contributed by atoms with van der Waals surface area (Å²) in [5, 5.41) is 7.67. The van der Waals surface area contributed by atoms with E-state index in [9.17, 15) is 0 Å². The molecule has 3 heteroatoms. The minimum Gasteiger partial charge on any atom is -0.265 e. The molecule has 0 amide bonds. The molecule has 2 aromatic heterocycles. The Balaban J connectivity index is 1.32. The van der Waals surface area contributed by atoms with E-state index in [1.807, 2.05) is 24.4 Å². The van der Waals surface area contributed by atoms with E-state index >= 15 is 0 Å². The Labute approximate surface area is 243 Å². The van der Waals surface area contributed by atoms with Gasteiger partial charge in [0.2, 0.25) is 0 Å². The Morgan fingerprint density at radius 3 is 1.55 bits per heavy atom. The van der Waals surface area contributed by atoms with Crippen LogP contribution in [0.25, 0.3) is 77.2 Å². The molecular weight excluding hydrogens is 510 g/mol. The predicted octanol–water partition coefficient (Wildman–Crippen LogP) is 10.00. The number of rotatable bonds is 4. The van der Waals surface area contributed by atoms with Gasteiger partial charge in [-0.2, -0.15) is 0 Å². The molecule has 3 nitrogen and oxygen atoms in total. The summed E-state index contributed by atoms with van der Waals surface area (Å²) in [6.45, 7) is 0. The first-order chi connectivity index (χ1) is 20.8. The van der Waals surface area contributed by atoms with Crippen LogP contribution in [0.3, 0.4) is 0 Å². The first-order valence-corrected chi connectivity index (χ1v) is 14.1. The zero-order valence-corrected chi connectivity index (χ0v) is 22.8. The maximum absolute atomic E-state index is 4.97. The smallest absolute Gasteiger partial charge is 0.159 e. The molecule has 0 aliphatic heterocycles. The summed E-state index contributed by atoms with van der Waals surface area (Å²) in [5.74, 6) is 0.687. The monoisotopic (exact) mass is 535 g/mol. The van der Waals surface area contributed by atoms with Crippen molar-refractivity contribution < 1.29 is 0 Å². The van der Waals surface area contributed by atoms with Crippen LogP contribution in [0.5, 0.6) is 0 Å². The Morgan fingerprint density at radius 1 is 0.357 bits per heavy atom. The number of nitrogens with zero attached hydrogens (tertiary/aromatic N) is 3. The van der Waals surface area contributed by atoms with Crippen LogP contribution in [-0.4, -0.2) is 15.0 Å². The summed E-state index contributed by atoms with van der Waals surface area (Å²) in [6, 6.07) is 47.4. The molecule has 42 heavy (non-hydrogen) atoms. The average Bonchev–Trinajstić information content (AvgIpc) is 3.09. The van der Waals surface area contributed by atoms with E-state index in [2.05, 4.69) is 125 Å². The summed E-state index contributed by atoms with van der Waals surface area (Å²) in [7, 11) is 0. The van der Waals surface area contributed by atoms with Gasteiger partial charge in [-0.15, -0.1) is 0 Å². The summed E-state index contributed by atoms with van der Waals surface area (Å²) < 4.78 is 0. The second kappa shape index (κ2) is 10.1. The number of hydrogen-bond donors (Lipinski definition) is 0. The fourth-order valence-electron chi connectivity index (χ4n) is 6.14. The first kappa shape index (κ1) is 24.2. The number of benzene rings is 6. The van der Waals surface area contributed by atoms with Crippen molar-refractivity contribution in [3.05, 3.63) is 152 Å². The molecule has 0 radical (unpaired) electrons. The molecule has 0 bridgehead atoms.